The van der Waals surface area contributed by atoms with Gasteiger partial charge in [-0.3, -0.25) is 4.79 Å². The van der Waals surface area contributed by atoms with Crippen LogP contribution < -0.4 is 0 Å². The van der Waals surface area contributed by atoms with Gasteiger partial charge in [0.15, 0.2) is 0 Å². The van der Waals surface area contributed by atoms with Crippen LogP contribution in [0.3, 0.4) is 0 Å². The summed E-state index contributed by atoms with van der Waals surface area (Å²) in [5, 5.41) is 9.17. The van der Waals surface area contributed by atoms with Gasteiger partial charge in [-0.25, -0.2) is 0 Å². The van der Waals surface area contributed by atoms with E-state index in [1.807, 2.05) is 31.2 Å². The Morgan fingerprint density at radius 2 is 2.04 bits per heavy atom. The van der Waals surface area contributed by atoms with Gasteiger partial charge >= 0.3 is 5.97 Å². The Labute approximate surface area is 161 Å². The normalized spacial score (nSPS) is 33.0. The number of methoxy groups -OCH3 is 1. The molecule has 0 aliphatic heterocycles. The van der Waals surface area contributed by atoms with Crippen LogP contribution in [0.1, 0.15) is 31.7 Å². The molecule has 1 aromatic rings. The molecule has 2 aliphatic rings. The molecule has 0 spiro atoms. The Morgan fingerprint density at radius 3 is 2.74 bits per heavy atom. The van der Waals surface area contributed by atoms with Crippen molar-refractivity contribution in [1.82, 2.24) is 0 Å². The Morgan fingerprint density at radius 1 is 1.26 bits per heavy atom. The van der Waals surface area contributed by atoms with Crippen molar-refractivity contribution in [2.45, 2.75) is 38.9 Å². The lowest BCUT2D eigenvalue weighted by atomic mass is 9.55. The predicted molar refractivity (Wildman–Crippen MR) is 105 cm³/mol. The van der Waals surface area contributed by atoms with Crippen molar-refractivity contribution in [2.75, 3.05) is 13.7 Å². The third-order valence-electron chi connectivity index (χ3n) is 6.28. The second-order valence-corrected chi connectivity index (χ2v) is 7.75. The SMILES string of the molecule is COC(=O)C1(C)C(/C=C/CO)C=CC2C(OCc3ccccc3)CCCC21. The number of ether oxygens (including phenoxy) is 2. The van der Waals surface area contributed by atoms with Crippen molar-refractivity contribution in [3.05, 3.63) is 60.2 Å². The summed E-state index contributed by atoms with van der Waals surface area (Å²) in [5.74, 6) is 0.104. The highest BCUT2D eigenvalue weighted by atomic mass is 16.5. The molecular formula is C23H30O4. The van der Waals surface area contributed by atoms with Crippen LogP contribution in [-0.2, 0) is 20.9 Å². The summed E-state index contributed by atoms with van der Waals surface area (Å²) in [6, 6.07) is 10.2. The number of allylic oxidation sites excluding steroid dienone is 2. The number of carbonyl (C=O) groups excluding carboxylic acids is 1. The molecule has 5 atom stereocenters. The second-order valence-electron chi connectivity index (χ2n) is 7.75. The Kier molecular flexibility index (Phi) is 6.51. The number of hydrogen-bond acceptors (Lipinski definition) is 4. The van der Waals surface area contributed by atoms with Crippen molar-refractivity contribution < 1.29 is 19.4 Å². The van der Waals surface area contributed by atoms with Gasteiger partial charge in [0.05, 0.1) is 31.8 Å². The lowest BCUT2D eigenvalue weighted by molar-refractivity contribution is -0.163. The Balaban J connectivity index is 1.83. The molecule has 27 heavy (non-hydrogen) atoms. The molecule has 146 valence electrons. The molecule has 0 bridgehead atoms. The fraction of sp³-hybridized carbons (Fsp3) is 0.522. The number of hydrogen-bond donors (Lipinski definition) is 1. The minimum absolute atomic E-state index is 0.0293. The van der Waals surface area contributed by atoms with E-state index < -0.39 is 5.41 Å². The minimum atomic E-state index is -0.644. The predicted octanol–water partition coefficient (Wildman–Crippen LogP) is 3.90. The van der Waals surface area contributed by atoms with Crippen LogP contribution >= 0.6 is 0 Å². The molecule has 4 heteroatoms. The zero-order valence-corrected chi connectivity index (χ0v) is 16.2. The lowest BCUT2D eigenvalue weighted by Gasteiger charge is -2.49. The summed E-state index contributed by atoms with van der Waals surface area (Å²) < 4.78 is 11.5. The van der Waals surface area contributed by atoms with Gasteiger partial charge in [-0.2, -0.15) is 0 Å². The van der Waals surface area contributed by atoms with Crippen LogP contribution in [0.5, 0.6) is 0 Å². The second kappa shape index (κ2) is 8.85. The largest absolute Gasteiger partial charge is 0.469 e. The zero-order chi connectivity index (χ0) is 19.3. The first kappa shape index (κ1) is 19.8. The topological polar surface area (TPSA) is 55.8 Å². The molecule has 1 aromatic carbocycles. The summed E-state index contributed by atoms with van der Waals surface area (Å²) in [7, 11) is 1.46. The van der Waals surface area contributed by atoms with E-state index in [0.29, 0.717) is 6.61 Å². The van der Waals surface area contributed by atoms with Crippen LogP contribution in [0, 0.1) is 23.2 Å². The molecule has 1 saturated carbocycles. The zero-order valence-electron chi connectivity index (χ0n) is 16.2. The van der Waals surface area contributed by atoms with E-state index in [4.69, 9.17) is 14.6 Å². The maximum absolute atomic E-state index is 12.8. The highest BCUT2D eigenvalue weighted by Crippen LogP contribution is 2.52. The van der Waals surface area contributed by atoms with Gasteiger partial charge in [-0.05, 0) is 31.2 Å². The van der Waals surface area contributed by atoms with Gasteiger partial charge < -0.3 is 14.6 Å². The third-order valence-corrected chi connectivity index (χ3v) is 6.28. The first-order valence-corrected chi connectivity index (χ1v) is 9.81. The van der Waals surface area contributed by atoms with Crippen LogP contribution in [0.25, 0.3) is 0 Å². The number of fused-ring (bicyclic) bond motifs is 1. The molecule has 0 amide bonds. The first-order chi connectivity index (χ1) is 13.1. The summed E-state index contributed by atoms with van der Waals surface area (Å²) in [5.41, 5.74) is 0.521. The van der Waals surface area contributed by atoms with Gasteiger partial charge in [0.2, 0.25) is 0 Å². The molecule has 0 heterocycles. The number of carbonyl (C=O) groups is 1. The van der Waals surface area contributed by atoms with E-state index in [1.54, 1.807) is 6.08 Å². The monoisotopic (exact) mass is 370 g/mol. The van der Waals surface area contributed by atoms with Crippen molar-refractivity contribution in [3.8, 4) is 0 Å². The van der Waals surface area contributed by atoms with Gasteiger partial charge in [0.25, 0.3) is 0 Å². The molecular weight excluding hydrogens is 340 g/mol. The van der Waals surface area contributed by atoms with E-state index in [2.05, 4.69) is 24.3 Å². The van der Waals surface area contributed by atoms with Crippen LogP contribution in [0.15, 0.2) is 54.6 Å². The molecule has 0 aromatic heterocycles. The highest BCUT2D eigenvalue weighted by Gasteiger charge is 2.53. The van der Waals surface area contributed by atoms with E-state index in [-0.39, 0.29) is 36.4 Å². The van der Waals surface area contributed by atoms with Crippen molar-refractivity contribution in [2.24, 2.45) is 23.2 Å². The summed E-state index contributed by atoms with van der Waals surface area (Å²) in [4.78, 5) is 12.8. The smallest absolute Gasteiger partial charge is 0.312 e. The molecule has 1 fully saturated rings. The standard InChI is InChI=1S/C23H30O4/c1-23(22(25)26-2)18(10-7-15-24)13-14-19-20(23)11-6-12-21(19)27-16-17-8-4-3-5-9-17/h3-5,7-10,13-14,18-21,24H,6,11-12,15-16H2,1-2H3/b10-7+. The molecule has 0 saturated heterocycles. The fourth-order valence-electron chi connectivity index (χ4n) is 4.79. The highest BCUT2D eigenvalue weighted by molar-refractivity contribution is 5.78. The maximum Gasteiger partial charge on any atom is 0.312 e. The third kappa shape index (κ3) is 4.02. The lowest BCUT2D eigenvalue weighted by Crippen LogP contribution is -2.51. The first-order valence-electron chi connectivity index (χ1n) is 9.81. The van der Waals surface area contributed by atoms with Crippen molar-refractivity contribution in [1.29, 1.82) is 0 Å². The molecule has 3 rings (SSSR count). The number of rotatable bonds is 6. The number of aliphatic hydroxyl groups excluding tert-OH is 1. The van der Waals surface area contributed by atoms with Gasteiger partial charge in [-0.15, -0.1) is 0 Å². The van der Waals surface area contributed by atoms with Crippen LogP contribution in [-0.4, -0.2) is 30.9 Å². The molecule has 0 radical (unpaired) electrons. The molecule has 4 nitrogen and oxygen atoms in total. The van der Waals surface area contributed by atoms with Gasteiger partial charge in [0.1, 0.15) is 0 Å². The number of esters is 1. The van der Waals surface area contributed by atoms with Gasteiger partial charge in [0, 0.05) is 11.8 Å². The maximum atomic E-state index is 12.8. The summed E-state index contributed by atoms with van der Waals surface area (Å²) in [6.07, 6.45) is 11.1. The summed E-state index contributed by atoms with van der Waals surface area (Å²) in [6.45, 7) is 2.57. The van der Waals surface area contributed by atoms with Crippen LogP contribution in [0.2, 0.25) is 0 Å². The van der Waals surface area contributed by atoms with E-state index in [0.717, 1.165) is 19.3 Å². The van der Waals surface area contributed by atoms with Gasteiger partial charge in [-0.1, -0.05) is 61.1 Å². The van der Waals surface area contributed by atoms with Crippen molar-refractivity contribution in [3.63, 3.8) is 0 Å². The van der Waals surface area contributed by atoms with E-state index in [1.165, 1.54) is 12.7 Å². The Hall–Kier alpha value is -1.91. The van der Waals surface area contributed by atoms with E-state index >= 15 is 0 Å². The average Bonchev–Trinajstić information content (AvgIpc) is 2.72. The fourth-order valence-corrected chi connectivity index (χ4v) is 4.79. The van der Waals surface area contributed by atoms with Crippen molar-refractivity contribution >= 4 is 5.97 Å². The quantitative estimate of drug-likeness (QED) is 0.609. The summed E-state index contributed by atoms with van der Waals surface area (Å²) >= 11 is 0. The molecule has 5 unspecified atom stereocenters. The molecule has 1 N–H and O–H groups in total. The minimum Gasteiger partial charge on any atom is -0.469 e. The molecule has 2 aliphatic carbocycles. The average molecular weight is 370 g/mol. The van der Waals surface area contributed by atoms with E-state index in [9.17, 15) is 4.79 Å². The Bertz CT molecular complexity index is 681. The number of aliphatic hydroxyl groups is 1. The number of benzene rings is 1. The van der Waals surface area contributed by atoms with Crippen LogP contribution in [0.4, 0.5) is 0 Å².